The molecule has 1 heterocycles. The number of hydrogen-bond acceptors (Lipinski definition) is 5. The minimum atomic E-state index is -0.00372. The van der Waals surface area contributed by atoms with Crippen molar-refractivity contribution < 1.29 is 14.6 Å². The third-order valence-corrected chi connectivity index (χ3v) is 3.44. The molecule has 0 aliphatic carbocycles. The minimum absolute atomic E-state index is 0.00372. The molecule has 1 aromatic carbocycles. The molecule has 0 unspecified atom stereocenters. The number of benzene rings is 1. The molecule has 0 saturated carbocycles. The first kappa shape index (κ1) is 13.8. The lowest BCUT2D eigenvalue weighted by Gasteiger charge is -2.06. The molecule has 1 N–H and O–H groups in total. The molecule has 0 bridgehead atoms. The predicted molar refractivity (Wildman–Crippen MR) is 74.8 cm³/mol. The molecule has 0 spiro atoms. The third-order valence-electron chi connectivity index (χ3n) is 2.48. The van der Waals surface area contributed by atoms with Crippen LogP contribution in [-0.2, 0) is 13.0 Å². The van der Waals surface area contributed by atoms with Crippen molar-refractivity contribution in [1.29, 1.82) is 0 Å². The fraction of sp³-hybridized carbons (Fsp3) is 0.357. The van der Waals surface area contributed by atoms with E-state index in [4.69, 9.17) is 14.6 Å². The fourth-order valence-corrected chi connectivity index (χ4v) is 2.36. The summed E-state index contributed by atoms with van der Waals surface area (Å²) >= 11 is 1.55. The molecule has 2 aromatic rings. The Morgan fingerprint density at radius 1 is 1.16 bits per heavy atom. The average molecular weight is 279 g/mol. The van der Waals surface area contributed by atoms with E-state index in [1.54, 1.807) is 11.3 Å². The van der Waals surface area contributed by atoms with Crippen molar-refractivity contribution >= 4 is 11.3 Å². The smallest absolute Gasteiger partial charge is 0.119 e. The van der Waals surface area contributed by atoms with Crippen molar-refractivity contribution in [2.75, 3.05) is 13.2 Å². The number of aliphatic hydroxyl groups excluding tert-OH is 1. The predicted octanol–water partition coefficient (Wildman–Crippen LogP) is 2.66. The van der Waals surface area contributed by atoms with E-state index >= 15 is 0 Å². The van der Waals surface area contributed by atoms with Gasteiger partial charge < -0.3 is 14.6 Å². The maximum absolute atomic E-state index is 8.93. The Kier molecular flexibility index (Phi) is 5.18. The summed E-state index contributed by atoms with van der Waals surface area (Å²) in [6.07, 6.45) is 0.748. The SMILES string of the molecule is CCOc1ccc(OCCc2nc(CO)cs2)cc1. The molecule has 19 heavy (non-hydrogen) atoms. The van der Waals surface area contributed by atoms with Crippen LogP contribution in [0.1, 0.15) is 17.6 Å². The summed E-state index contributed by atoms with van der Waals surface area (Å²) in [6, 6.07) is 7.58. The van der Waals surface area contributed by atoms with E-state index in [2.05, 4.69) is 4.98 Å². The number of thiazole rings is 1. The van der Waals surface area contributed by atoms with Crippen LogP contribution in [0.25, 0.3) is 0 Å². The molecule has 0 aliphatic rings. The van der Waals surface area contributed by atoms with Crippen LogP contribution in [0, 0.1) is 0 Å². The van der Waals surface area contributed by atoms with E-state index in [9.17, 15) is 0 Å². The Balaban J connectivity index is 1.78. The summed E-state index contributed by atoms with van der Waals surface area (Å²) in [6.45, 7) is 3.19. The molecule has 5 heteroatoms. The normalized spacial score (nSPS) is 10.4. The Morgan fingerprint density at radius 3 is 2.42 bits per heavy atom. The maximum Gasteiger partial charge on any atom is 0.119 e. The van der Waals surface area contributed by atoms with Crippen LogP contribution in [0.5, 0.6) is 11.5 Å². The van der Waals surface area contributed by atoms with Gasteiger partial charge in [0.25, 0.3) is 0 Å². The zero-order valence-corrected chi connectivity index (χ0v) is 11.7. The van der Waals surface area contributed by atoms with Gasteiger partial charge >= 0.3 is 0 Å². The van der Waals surface area contributed by atoms with Crippen molar-refractivity contribution in [3.05, 3.63) is 40.3 Å². The quantitative estimate of drug-likeness (QED) is 0.846. The minimum Gasteiger partial charge on any atom is -0.494 e. The van der Waals surface area contributed by atoms with Gasteiger partial charge in [0.15, 0.2) is 0 Å². The molecular formula is C14H17NO3S. The Hall–Kier alpha value is -1.59. The lowest BCUT2D eigenvalue weighted by atomic mass is 10.3. The topological polar surface area (TPSA) is 51.6 Å². The van der Waals surface area contributed by atoms with E-state index in [0.717, 1.165) is 28.6 Å². The molecule has 2 rings (SSSR count). The van der Waals surface area contributed by atoms with Gasteiger partial charge in [-0.3, -0.25) is 0 Å². The molecule has 0 saturated heterocycles. The molecule has 102 valence electrons. The van der Waals surface area contributed by atoms with Crippen molar-refractivity contribution in [2.45, 2.75) is 20.0 Å². The highest BCUT2D eigenvalue weighted by atomic mass is 32.1. The number of aliphatic hydroxyl groups is 1. The van der Waals surface area contributed by atoms with Crippen LogP contribution in [0.3, 0.4) is 0 Å². The second-order valence-corrected chi connectivity index (χ2v) is 4.84. The van der Waals surface area contributed by atoms with Crippen molar-refractivity contribution in [2.24, 2.45) is 0 Å². The highest BCUT2D eigenvalue weighted by Crippen LogP contribution is 2.18. The Labute approximate surface area is 116 Å². The van der Waals surface area contributed by atoms with Crippen LogP contribution in [0.2, 0.25) is 0 Å². The van der Waals surface area contributed by atoms with Crippen LogP contribution in [-0.4, -0.2) is 23.3 Å². The standard InChI is InChI=1S/C14H17NO3S/c1-2-17-12-3-5-13(6-4-12)18-8-7-14-15-11(9-16)10-19-14/h3-6,10,16H,2,7-9H2,1H3. The summed E-state index contributed by atoms with van der Waals surface area (Å²) in [5, 5.41) is 11.8. The molecule has 4 nitrogen and oxygen atoms in total. The maximum atomic E-state index is 8.93. The van der Waals surface area contributed by atoms with E-state index in [0.29, 0.717) is 13.2 Å². The first-order valence-electron chi connectivity index (χ1n) is 6.21. The van der Waals surface area contributed by atoms with Crippen LogP contribution >= 0.6 is 11.3 Å². The van der Waals surface area contributed by atoms with Gasteiger partial charge in [0.1, 0.15) is 11.5 Å². The number of rotatable bonds is 7. The number of hydrogen-bond donors (Lipinski definition) is 1. The van der Waals surface area contributed by atoms with Crippen LogP contribution in [0.4, 0.5) is 0 Å². The second-order valence-electron chi connectivity index (χ2n) is 3.89. The summed E-state index contributed by atoms with van der Waals surface area (Å²) in [5.41, 5.74) is 0.723. The zero-order valence-electron chi connectivity index (χ0n) is 10.8. The van der Waals surface area contributed by atoms with Crippen molar-refractivity contribution in [1.82, 2.24) is 4.98 Å². The number of ether oxygens (including phenoxy) is 2. The summed E-state index contributed by atoms with van der Waals surface area (Å²) in [7, 11) is 0. The van der Waals surface area contributed by atoms with Gasteiger partial charge in [-0.1, -0.05) is 0 Å². The van der Waals surface area contributed by atoms with E-state index < -0.39 is 0 Å². The van der Waals surface area contributed by atoms with Crippen LogP contribution in [0.15, 0.2) is 29.6 Å². The lowest BCUT2D eigenvalue weighted by Crippen LogP contribution is -2.01. The van der Waals surface area contributed by atoms with E-state index in [1.807, 2.05) is 36.6 Å². The number of aromatic nitrogens is 1. The first-order chi connectivity index (χ1) is 9.31. The number of nitrogens with zero attached hydrogens (tertiary/aromatic N) is 1. The molecule has 0 radical (unpaired) electrons. The van der Waals surface area contributed by atoms with Gasteiger partial charge in [-0.25, -0.2) is 4.98 Å². The highest BCUT2D eigenvalue weighted by Gasteiger charge is 2.02. The molecule has 0 aliphatic heterocycles. The largest absolute Gasteiger partial charge is 0.494 e. The van der Waals surface area contributed by atoms with E-state index in [1.165, 1.54) is 0 Å². The van der Waals surface area contributed by atoms with Gasteiger partial charge in [0, 0.05) is 11.8 Å². The van der Waals surface area contributed by atoms with E-state index in [-0.39, 0.29) is 6.61 Å². The van der Waals surface area contributed by atoms with Gasteiger partial charge in [0.05, 0.1) is 30.5 Å². The summed E-state index contributed by atoms with van der Waals surface area (Å²) in [4.78, 5) is 4.27. The lowest BCUT2D eigenvalue weighted by molar-refractivity contribution is 0.277. The van der Waals surface area contributed by atoms with Crippen molar-refractivity contribution in [3.8, 4) is 11.5 Å². The van der Waals surface area contributed by atoms with Gasteiger partial charge in [-0.15, -0.1) is 11.3 Å². The van der Waals surface area contributed by atoms with Crippen LogP contribution < -0.4 is 9.47 Å². The molecule has 1 aromatic heterocycles. The van der Waals surface area contributed by atoms with Gasteiger partial charge in [-0.2, -0.15) is 0 Å². The van der Waals surface area contributed by atoms with Gasteiger partial charge in [-0.05, 0) is 31.2 Å². The Morgan fingerprint density at radius 2 is 1.84 bits per heavy atom. The monoisotopic (exact) mass is 279 g/mol. The van der Waals surface area contributed by atoms with Gasteiger partial charge in [0.2, 0.25) is 0 Å². The fourth-order valence-electron chi connectivity index (χ4n) is 1.59. The molecule has 0 fully saturated rings. The molecular weight excluding hydrogens is 262 g/mol. The average Bonchev–Trinajstić information content (AvgIpc) is 2.89. The molecule has 0 atom stereocenters. The second kappa shape index (κ2) is 7.11. The third kappa shape index (κ3) is 4.22. The zero-order chi connectivity index (χ0) is 13.5. The first-order valence-corrected chi connectivity index (χ1v) is 7.09. The molecule has 0 amide bonds. The summed E-state index contributed by atoms with van der Waals surface area (Å²) < 4.78 is 11.0. The van der Waals surface area contributed by atoms with Crippen molar-refractivity contribution in [3.63, 3.8) is 0 Å². The highest BCUT2D eigenvalue weighted by molar-refractivity contribution is 7.09. The Bertz CT molecular complexity index is 496. The summed E-state index contributed by atoms with van der Waals surface area (Å²) in [5.74, 6) is 1.67.